The van der Waals surface area contributed by atoms with Gasteiger partial charge in [-0.25, -0.2) is 4.79 Å². The Hall–Kier alpha value is -6.11. The summed E-state index contributed by atoms with van der Waals surface area (Å²) < 4.78 is 0. The van der Waals surface area contributed by atoms with Crippen LogP contribution in [0.2, 0.25) is 0 Å². The van der Waals surface area contributed by atoms with Crippen molar-refractivity contribution in [2.45, 2.75) is 70.9 Å². The lowest BCUT2D eigenvalue weighted by atomic mass is 9.95. The van der Waals surface area contributed by atoms with Gasteiger partial charge in [0.1, 0.15) is 5.00 Å². The number of likely N-dealkylation sites (N-methyl/N-ethyl adjacent to an activating group) is 1. The number of aromatic carboxylic acids is 1. The van der Waals surface area contributed by atoms with E-state index in [4.69, 9.17) is 10.2 Å². The number of carboxylic acids is 2. The molecule has 0 unspecified atom stereocenters. The van der Waals surface area contributed by atoms with Gasteiger partial charge in [0, 0.05) is 55.3 Å². The average Bonchev–Trinajstić information content (AvgIpc) is 3.62. The number of hydrogen-bond acceptors (Lipinski definition) is 7. The van der Waals surface area contributed by atoms with E-state index in [1.165, 1.54) is 11.3 Å². The van der Waals surface area contributed by atoms with Gasteiger partial charge in [-0.15, -0.1) is 11.3 Å². The van der Waals surface area contributed by atoms with Gasteiger partial charge < -0.3 is 25.7 Å². The zero-order valence-electron chi connectivity index (χ0n) is 33.4. The van der Waals surface area contributed by atoms with Gasteiger partial charge in [0.2, 0.25) is 5.91 Å². The monoisotopic (exact) mass is 814 g/mol. The largest absolute Gasteiger partial charge is 0.481 e. The van der Waals surface area contributed by atoms with Crippen molar-refractivity contribution in [2.24, 2.45) is 0 Å². The van der Waals surface area contributed by atoms with Crippen LogP contribution < -0.4 is 10.6 Å². The molecule has 1 aliphatic carbocycles. The topological polar surface area (TPSA) is 156 Å². The lowest BCUT2D eigenvalue weighted by molar-refractivity contribution is -0.140. The van der Waals surface area contributed by atoms with Gasteiger partial charge in [0.05, 0.1) is 17.5 Å². The molecule has 4 aromatic carbocycles. The van der Waals surface area contributed by atoms with Crippen LogP contribution in [0, 0.1) is 0 Å². The van der Waals surface area contributed by atoms with Crippen LogP contribution in [0.4, 0.5) is 10.7 Å². The molecule has 12 heteroatoms. The smallest absolute Gasteiger partial charge is 0.335 e. The van der Waals surface area contributed by atoms with Crippen LogP contribution in [0.3, 0.4) is 0 Å². The maximum atomic E-state index is 14.0. The number of rotatable bonds is 18. The number of nitrogens with one attached hydrogen (secondary N) is 2. The van der Waals surface area contributed by atoms with Crippen LogP contribution in [0.5, 0.6) is 0 Å². The Balaban J connectivity index is 1.13. The van der Waals surface area contributed by atoms with Crippen molar-refractivity contribution in [3.05, 3.63) is 153 Å². The van der Waals surface area contributed by atoms with Crippen LogP contribution in [0.15, 0.2) is 103 Å². The van der Waals surface area contributed by atoms with E-state index in [-0.39, 0.29) is 42.2 Å². The molecule has 0 saturated heterocycles. The summed E-state index contributed by atoms with van der Waals surface area (Å²) >= 11 is 1.47. The van der Waals surface area contributed by atoms with Crippen LogP contribution in [0.25, 0.3) is 0 Å². The fourth-order valence-electron chi connectivity index (χ4n) is 7.33. The van der Waals surface area contributed by atoms with Gasteiger partial charge in [-0.2, -0.15) is 0 Å². The van der Waals surface area contributed by atoms with Crippen molar-refractivity contribution in [3.8, 4) is 0 Å². The molecule has 0 aliphatic heterocycles. The molecule has 4 N–H and O–H groups in total. The molecule has 59 heavy (non-hydrogen) atoms. The van der Waals surface area contributed by atoms with E-state index in [1.54, 1.807) is 30.1 Å². The Morgan fingerprint density at radius 3 is 2.07 bits per heavy atom. The molecule has 5 aromatic rings. The molecular formula is C47H50N4O7S. The Kier molecular flexibility index (Phi) is 14.4. The Bertz CT molecular complexity index is 2270. The third kappa shape index (κ3) is 11.5. The highest BCUT2D eigenvalue weighted by atomic mass is 32.1. The highest BCUT2D eigenvalue weighted by Gasteiger charge is 2.27. The zero-order valence-corrected chi connectivity index (χ0v) is 34.2. The Morgan fingerprint density at radius 2 is 1.39 bits per heavy atom. The van der Waals surface area contributed by atoms with Gasteiger partial charge in [-0.05, 0) is 110 Å². The molecule has 1 aromatic heterocycles. The molecule has 1 aliphatic rings. The van der Waals surface area contributed by atoms with Crippen molar-refractivity contribution in [3.63, 3.8) is 0 Å². The van der Waals surface area contributed by atoms with Crippen LogP contribution >= 0.6 is 11.3 Å². The number of anilines is 2. The number of amides is 3. The van der Waals surface area contributed by atoms with E-state index < -0.39 is 11.9 Å². The fraction of sp³-hybridized carbons (Fsp3) is 0.298. The summed E-state index contributed by atoms with van der Waals surface area (Å²) in [5, 5.41) is 24.9. The second kappa shape index (κ2) is 20.0. The predicted molar refractivity (Wildman–Crippen MR) is 230 cm³/mol. The first-order valence-electron chi connectivity index (χ1n) is 20.0. The lowest BCUT2D eigenvalue weighted by Gasteiger charge is -2.31. The van der Waals surface area contributed by atoms with Gasteiger partial charge in [0.25, 0.3) is 11.8 Å². The maximum Gasteiger partial charge on any atom is 0.335 e. The SMILES string of the molecule is C[C@H](c1ccccc1)N(CCN(C)C(=O)CCC(=O)O)Cc1cccc(C(=O)Nc2sc3c(c2C(=O)Nc2ccc(CCc4ccc(C(=O)O)cc4)cc2)CCCC3)c1. The van der Waals surface area contributed by atoms with Gasteiger partial charge >= 0.3 is 11.9 Å². The third-order valence-electron chi connectivity index (χ3n) is 10.8. The second-order valence-corrected chi connectivity index (χ2v) is 16.1. The Labute approximate surface area is 348 Å². The van der Waals surface area contributed by atoms with Crippen LogP contribution in [-0.2, 0) is 41.8 Å². The number of fused-ring (bicyclic) bond motifs is 1. The summed E-state index contributed by atoms with van der Waals surface area (Å²) in [5.74, 6) is -2.76. The standard InChI is InChI=1S/C47H50N4O7S/c1-31(35-10-4-3-5-11-35)51(28-27-50(2)41(52)25-26-42(53)54)30-34-9-8-12-37(29-34)44(55)49-46-43(39-13-6-7-14-40(39)59-46)45(56)48-38-23-19-33(20-24-38)16-15-32-17-21-36(22-18-32)47(57)58/h3-5,8-12,17-24,29,31H,6-7,13-16,25-28,30H2,1-2H3,(H,48,56)(H,49,55)(H,53,54)(H,57,58)/t31-/m1/s1. The normalized spacial score (nSPS) is 12.7. The van der Waals surface area contributed by atoms with E-state index >= 15 is 0 Å². The minimum atomic E-state index is -1.01. The molecule has 1 atom stereocenters. The molecule has 0 bridgehead atoms. The number of carbonyl (C=O) groups is 5. The van der Waals surface area contributed by atoms with Crippen LogP contribution in [0.1, 0.15) is 102 Å². The van der Waals surface area contributed by atoms with E-state index in [0.717, 1.165) is 71.2 Å². The second-order valence-electron chi connectivity index (χ2n) is 15.0. The number of aryl methyl sites for hydroxylation is 3. The summed E-state index contributed by atoms with van der Waals surface area (Å²) in [7, 11) is 1.68. The quantitative estimate of drug-likeness (QED) is 0.0687. The average molecular weight is 815 g/mol. The van der Waals surface area contributed by atoms with Gasteiger partial charge in [0.15, 0.2) is 0 Å². The van der Waals surface area contributed by atoms with Crippen molar-refractivity contribution < 1.29 is 34.2 Å². The highest BCUT2D eigenvalue weighted by Crippen LogP contribution is 2.39. The molecular weight excluding hydrogens is 765 g/mol. The summed E-state index contributed by atoms with van der Waals surface area (Å²) in [6.45, 7) is 3.52. The van der Waals surface area contributed by atoms with E-state index in [2.05, 4.69) is 34.6 Å². The van der Waals surface area contributed by atoms with Crippen molar-refractivity contribution in [1.82, 2.24) is 9.80 Å². The zero-order chi connectivity index (χ0) is 41.9. The first-order chi connectivity index (χ1) is 28.4. The molecule has 0 radical (unpaired) electrons. The van der Waals surface area contributed by atoms with E-state index in [1.807, 2.05) is 72.8 Å². The van der Waals surface area contributed by atoms with Crippen molar-refractivity contribution in [1.29, 1.82) is 0 Å². The van der Waals surface area contributed by atoms with Crippen molar-refractivity contribution >= 4 is 51.7 Å². The molecule has 0 spiro atoms. The minimum Gasteiger partial charge on any atom is -0.481 e. The van der Waals surface area contributed by atoms with E-state index in [9.17, 15) is 24.0 Å². The molecule has 6 rings (SSSR count). The molecule has 1 heterocycles. The number of benzene rings is 4. The number of carboxylic acid groups (broad SMARTS) is 2. The first-order valence-corrected chi connectivity index (χ1v) is 20.8. The Morgan fingerprint density at radius 1 is 0.712 bits per heavy atom. The predicted octanol–water partition coefficient (Wildman–Crippen LogP) is 8.50. The number of aliphatic carboxylic acids is 1. The number of nitrogens with zero attached hydrogens (tertiary/aromatic N) is 2. The lowest BCUT2D eigenvalue weighted by Crippen LogP contribution is -2.37. The molecule has 3 amide bonds. The molecule has 306 valence electrons. The number of thiophene rings is 1. The maximum absolute atomic E-state index is 14.0. The highest BCUT2D eigenvalue weighted by molar-refractivity contribution is 7.17. The number of hydrogen-bond donors (Lipinski definition) is 4. The third-order valence-corrected chi connectivity index (χ3v) is 12.1. The summed E-state index contributed by atoms with van der Waals surface area (Å²) in [6.07, 6.45) is 4.86. The molecule has 11 nitrogen and oxygen atoms in total. The van der Waals surface area contributed by atoms with Crippen molar-refractivity contribution in [2.75, 3.05) is 30.8 Å². The molecule has 0 saturated carbocycles. The van der Waals surface area contributed by atoms with E-state index in [0.29, 0.717) is 41.4 Å². The van der Waals surface area contributed by atoms with Gasteiger partial charge in [-0.3, -0.25) is 24.1 Å². The molecule has 0 fully saturated rings. The fourth-order valence-corrected chi connectivity index (χ4v) is 8.61. The van der Waals surface area contributed by atoms with Crippen LogP contribution in [-0.4, -0.2) is 69.8 Å². The summed E-state index contributed by atoms with van der Waals surface area (Å²) in [4.78, 5) is 67.6. The minimum absolute atomic E-state index is 0.0177. The summed E-state index contributed by atoms with van der Waals surface area (Å²) in [5.41, 5.74) is 7.00. The number of carbonyl (C=O) groups excluding carboxylic acids is 3. The van der Waals surface area contributed by atoms with Gasteiger partial charge in [-0.1, -0.05) is 66.7 Å². The first kappa shape index (κ1) is 42.5. The summed E-state index contributed by atoms with van der Waals surface area (Å²) in [6, 6.07) is 32.1.